The van der Waals surface area contributed by atoms with E-state index in [4.69, 9.17) is 23.2 Å². The summed E-state index contributed by atoms with van der Waals surface area (Å²) in [6, 6.07) is 9.33. The number of hydrogen-bond acceptors (Lipinski definition) is 1. The monoisotopic (exact) mass is 299 g/mol. The van der Waals surface area contributed by atoms with Gasteiger partial charge in [-0.2, -0.15) is 0 Å². The van der Waals surface area contributed by atoms with Crippen LogP contribution in [0, 0.1) is 5.82 Å². The van der Waals surface area contributed by atoms with Crippen LogP contribution in [0.15, 0.2) is 36.4 Å². The van der Waals surface area contributed by atoms with E-state index in [9.17, 15) is 9.50 Å². The average Bonchev–Trinajstić information content (AvgIpc) is 2.37. The molecule has 2 aromatic carbocycles. The van der Waals surface area contributed by atoms with Gasteiger partial charge in [0.25, 0.3) is 0 Å². The van der Waals surface area contributed by atoms with Crippen LogP contribution in [0.1, 0.15) is 11.1 Å². The Hall–Kier alpha value is -1.29. The summed E-state index contributed by atoms with van der Waals surface area (Å²) in [7, 11) is 0. The third-order valence-corrected chi connectivity index (χ3v) is 3.24. The second kappa shape index (κ2) is 6.24. The molecule has 5 heteroatoms. The summed E-state index contributed by atoms with van der Waals surface area (Å²) in [5.74, 6) is -0.450. The molecule has 0 amide bonds. The van der Waals surface area contributed by atoms with Crippen molar-refractivity contribution in [3.05, 3.63) is 63.4 Å². The highest BCUT2D eigenvalue weighted by molar-refractivity contribution is 6.35. The summed E-state index contributed by atoms with van der Waals surface area (Å²) in [6.45, 7) is 1.14. The summed E-state index contributed by atoms with van der Waals surface area (Å²) in [6.07, 6.45) is 0. The van der Waals surface area contributed by atoms with Gasteiger partial charge in [0.05, 0.1) is 0 Å². The summed E-state index contributed by atoms with van der Waals surface area (Å²) < 4.78 is 12.7. The standard InChI is InChI=1S/C14H12Cl2FNO/c15-11-5-10(14(19)13(16)6-11)8-18-7-9-1-3-12(17)4-2-9/h1-6,18-19H,7-8H2. The van der Waals surface area contributed by atoms with Crippen molar-refractivity contribution in [2.45, 2.75) is 13.1 Å². The van der Waals surface area contributed by atoms with E-state index in [1.54, 1.807) is 18.2 Å². The zero-order valence-corrected chi connectivity index (χ0v) is 11.5. The molecule has 0 saturated carbocycles. The fourth-order valence-electron chi connectivity index (χ4n) is 1.78. The highest BCUT2D eigenvalue weighted by atomic mass is 35.5. The minimum atomic E-state index is -0.257. The molecule has 0 aliphatic heterocycles. The highest BCUT2D eigenvalue weighted by Crippen LogP contribution is 2.28. The molecule has 0 bridgehead atoms. The lowest BCUT2D eigenvalue weighted by atomic mass is 10.2. The lowest BCUT2D eigenvalue weighted by molar-refractivity contribution is -0.686. The number of rotatable bonds is 4. The zero-order valence-electron chi connectivity index (χ0n) is 10.00. The number of quaternary nitrogens is 1. The van der Waals surface area contributed by atoms with Crippen LogP contribution in [0.2, 0.25) is 10.0 Å². The third-order valence-electron chi connectivity index (χ3n) is 2.74. The molecule has 0 spiro atoms. The van der Waals surface area contributed by atoms with Crippen LogP contribution in [-0.4, -0.2) is 0 Å². The van der Waals surface area contributed by atoms with Gasteiger partial charge in [-0.15, -0.1) is 0 Å². The lowest BCUT2D eigenvalue weighted by Crippen LogP contribution is -2.80. The van der Waals surface area contributed by atoms with Crippen molar-refractivity contribution in [3.63, 3.8) is 0 Å². The molecule has 19 heavy (non-hydrogen) atoms. The fourth-order valence-corrected chi connectivity index (χ4v) is 2.32. The fraction of sp³-hybridized carbons (Fsp3) is 0.143. The lowest BCUT2D eigenvalue weighted by Gasteiger charge is -2.15. The van der Waals surface area contributed by atoms with Crippen LogP contribution in [0.4, 0.5) is 4.39 Å². The molecule has 0 unspecified atom stereocenters. The minimum Gasteiger partial charge on any atom is -0.871 e. The van der Waals surface area contributed by atoms with E-state index < -0.39 is 0 Å². The Balaban J connectivity index is 1.98. The van der Waals surface area contributed by atoms with Crippen LogP contribution in [0.3, 0.4) is 0 Å². The Morgan fingerprint density at radius 2 is 1.74 bits per heavy atom. The maximum atomic E-state index is 12.7. The predicted molar refractivity (Wildman–Crippen MR) is 71.6 cm³/mol. The van der Waals surface area contributed by atoms with Gasteiger partial charge in [-0.1, -0.05) is 41.1 Å². The molecule has 100 valence electrons. The molecule has 0 saturated heterocycles. The number of nitrogens with two attached hydrogens (primary N) is 1. The van der Waals surface area contributed by atoms with Gasteiger partial charge in [0, 0.05) is 21.2 Å². The smallest absolute Gasteiger partial charge is 0.123 e. The Morgan fingerprint density at radius 1 is 1.05 bits per heavy atom. The quantitative estimate of drug-likeness (QED) is 0.925. The topological polar surface area (TPSA) is 39.7 Å². The van der Waals surface area contributed by atoms with Gasteiger partial charge in [-0.3, -0.25) is 0 Å². The Bertz CT molecular complexity index is 572. The second-order valence-corrected chi connectivity index (χ2v) is 5.04. The van der Waals surface area contributed by atoms with Crippen molar-refractivity contribution >= 4 is 23.2 Å². The van der Waals surface area contributed by atoms with E-state index in [1.807, 2.05) is 5.32 Å². The van der Waals surface area contributed by atoms with Gasteiger partial charge >= 0.3 is 0 Å². The first-order valence-corrected chi connectivity index (χ1v) is 6.53. The number of benzene rings is 2. The first-order chi connectivity index (χ1) is 9.06. The molecule has 2 N–H and O–H groups in total. The van der Waals surface area contributed by atoms with Crippen LogP contribution in [0.5, 0.6) is 5.75 Å². The molecule has 0 atom stereocenters. The van der Waals surface area contributed by atoms with E-state index >= 15 is 0 Å². The average molecular weight is 300 g/mol. The van der Waals surface area contributed by atoms with Gasteiger partial charge in [0.1, 0.15) is 18.9 Å². The van der Waals surface area contributed by atoms with Crippen LogP contribution in [-0.2, 0) is 13.1 Å². The maximum absolute atomic E-state index is 12.7. The van der Waals surface area contributed by atoms with Crippen molar-refractivity contribution in [2.24, 2.45) is 0 Å². The van der Waals surface area contributed by atoms with E-state index in [1.165, 1.54) is 18.2 Å². The van der Waals surface area contributed by atoms with Crippen LogP contribution < -0.4 is 10.4 Å². The molecule has 0 heterocycles. The Labute approximate surface area is 120 Å². The normalized spacial score (nSPS) is 10.7. The van der Waals surface area contributed by atoms with E-state index in [2.05, 4.69) is 0 Å². The second-order valence-electron chi connectivity index (χ2n) is 4.20. The van der Waals surface area contributed by atoms with Crippen molar-refractivity contribution in [3.8, 4) is 5.75 Å². The summed E-state index contributed by atoms with van der Waals surface area (Å²) in [4.78, 5) is 0. The van der Waals surface area contributed by atoms with Gasteiger partial charge in [0.15, 0.2) is 0 Å². The largest absolute Gasteiger partial charge is 0.871 e. The van der Waals surface area contributed by atoms with Crippen molar-refractivity contribution in [2.75, 3.05) is 0 Å². The molecule has 0 aliphatic carbocycles. The van der Waals surface area contributed by atoms with E-state index in [0.717, 1.165) is 5.56 Å². The summed E-state index contributed by atoms with van der Waals surface area (Å²) in [5.41, 5.74) is 1.56. The van der Waals surface area contributed by atoms with Crippen molar-refractivity contribution < 1.29 is 14.8 Å². The zero-order chi connectivity index (χ0) is 13.8. The van der Waals surface area contributed by atoms with Gasteiger partial charge in [-0.25, -0.2) is 4.39 Å². The molecule has 0 fully saturated rings. The molecular formula is C14H12Cl2FNO. The molecule has 2 nitrogen and oxygen atoms in total. The molecular weight excluding hydrogens is 288 g/mol. The van der Waals surface area contributed by atoms with Gasteiger partial charge < -0.3 is 10.4 Å². The first-order valence-electron chi connectivity index (χ1n) is 5.77. The Kier molecular flexibility index (Phi) is 4.64. The predicted octanol–water partition coefficient (Wildman–Crippen LogP) is 2.47. The minimum absolute atomic E-state index is 0.137. The summed E-state index contributed by atoms with van der Waals surface area (Å²) >= 11 is 11.6. The molecule has 0 aliphatic rings. The number of halogens is 3. The molecule has 0 radical (unpaired) electrons. The van der Waals surface area contributed by atoms with Crippen molar-refractivity contribution in [1.82, 2.24) is 0 Å². The summed E-state index contributed by atoms with van der Waals surface area (Å²) in [5, 5.41) is 14.3. The van der Waals surface area contributed by atoms with Gasteiger partial charge in [0.2, 0.25) is 0 Å². The molecule has 2 aromatic rings. The van der Waals surface area contributed by atoms with Crippen LogP contribution >= 0.6 is 23.2 Å². The SMILES string of the molecule is [O-]c1c(Cl)cc(Cl)cc1C[NH2+]Cc1ccc(F)cc1. The van der Waals surface area contributed by atoms with Gasteiger partial charge in [-0.05, 0) is 24.3 Å². The number of hydrogen-bond donors (Lipinski definition) is 1. The van der Waals surface area contributed by atoms with E-state index in [0.29, 0.717) is 23.7 Å². The molecule has 2 rings (SSSR count). The maximum Gasteiger partial charge on any atom is 0.123 e. The first kappa shape index (κ1) is 14.1. The van der Waals surface area contributed by atoms with Crippen LogP contribution in [0.25, 0.3) is 0 Å². The van der Waals surface area contributed by atoms with E-state index in [-0.39, 0.29) is 16.6 Å². The highest BCUT2D eigenvalue weighted by Gasteiger charge is 2.04. The third kappa shape index (κ3) is 3.83. The Morgan fingerprint density at radius 3 is 2.42 bits per heavy atom. The molecule has 0 aromatic heterocycles. The van der Waals surface area contributed by atoms with Crippen molar-refractivity contribution in [1.29, 1.82) is 0 Å².